The van der Waals surface area contributed by atoms with Gasteiger partial charge < -0.3 is 19.7 Å². The standard InChI is InChI=1S/C32H40ClN3O4/c1-30(2,3)40-29(38)36-16-14-21(15-17-36)20-8-10-22(11-9-20)26(37)35-27-31(4,5)28(32(27,6)7)39-24-13-12-23(19-34)25(33)18-24/h8-13,18,21,27-28H,14-17H2,1-7H3,(H,35,37). The number of nitrogens with zero attached hydrogens (tertiary/aromatic N) is 2. The molecule has 0 spiro atoms. The average molecular weight is 566 g/mol. The van der Waals surface area contributed by atoms with Crippen molar-refractivity contribution >= 4 is 23.6 Å². The minimum atomic E-state index is -0.499. The minimum Gasteiger partial charge on any atom is -0.489 e. The number of hydrogen-bond acceptors (Lipinski definition) is 5. The number of hydrogen-bond donors (Lipinski definition) is 1. The van der Waals surface area contributed by atoms with Crippen LogP contribution >= 0.6 is 11.6 Å². The fourth-order valence-corrected chi connectivity index (χ4v) is 6.65. The van der Waals surface area contributed by atoms with Crippen molar-refractivity contribution in [2.75, 3.05) is 13.1 Å². The Morgan fingerprint density at radius 3 is 2.15 bits per heavy atom. The maximum atomic E-state index is 13.3. The zero-order chi connectivity index (χ0) is 29.5. The SMILES string of the molecule is CC(C)(C)OC(=O)N1CCC(c2ccc(C(=O)NC3C(C)(C)C(Oc4ccc(C#N)c(Cl)c4)C3(C)C)cc2)CC1. The van der Waals surface area contributed by atoms with Gasteiger partial charge in [0.2, 0.25) is 0 Å². The van der Waals surface area contributed by atoms with Gasteiger partial charge in [-0.2, -0.15) is 5.26 Å². The number of benzene rings is 2. The quantitative estimate of drug-likeness (QED) is 0.424. The molecule has 2 fully saturated rings. The number of likely N-dealkylation sites (tertiary alicyclic amines) is 1. The first-order chi connectivity index (χ1) is 18.6. The molecule has 8 heteroatoms. The molecule has 40 heavy (non-hydrogen) atoms. The van der Waals surface area contributed by atoms with Crippen LogP contribution in [0.2, 0.25) is 5.02 Å². The van der Waals surface area contributed by atoms with Crippen molar-refractivity contribution in [3.8, 4) is 11.8 Å². The summed E-state index contributed by atoms with van der Waals surface area (Å²) in [6.45, 7) is 15.3. The number of nitriles is 1. The van der Waals surface area contributed by atoms with Crippen molar-refractivity contribution < 1.29 is 19.1 Å². The lowest BCUT2D eigenvalue weighted by Crippen LogP contribution is -2.74. The maximum Gasteiger partial charge on any atom is 0.410 e. The van der Waals surface area contributed by atoms with Gasteiger partial charge in [0.25, 0.3) is 5.91 Å². The molecule has 0 bridgehead atoms. The zero-order valence-corrected chi connectivity index (χ0v) is 25.3. The van der Waals surface area contributed by atoms with E-state index in [4.69, 9.17) is 26.3 Å². The Morgan fingerprint density at radius 2 is 1.62 bits per heavy atom. The topological polar surface area (TPSA) is 91.7 Å². The van der Waals surface area contributed by atoms with Gasteiger partial charge in [-0.15, -0.1) is 0 Å². The highest BCUT2D eigenvalue weighted by molar-refractivity contribution is 6.31. The van der Waals surface area contributed by atoms with E-state index in [1.807, 2.05) is 45.0 Å². The number of carbonyl (C=O) groups excluding carboxylic acids is 2. The fraction of sp³-hybridized carbons (Fsp3) is 0.531. The first-order valence-corrected chi connectivity index (χ1v) is 14.3. The number of rotatable bonds is 5. The van der Waals surface area contributed by atoms with Gasteiger partial charge in [0.05, 0.1) is 10.6 Å². The predicted molar refractivity (Wildman–Crippen MR) is 156 cm³/mol. The molecule has 1 N–H and O–H groups in total. The summed E-state index contributed by atoms with van der Waals surface area (Å²) in [5, 5.41) is 12.7. The van der Waals surface area contributed by atoms with Gasteiger partial charge in [0.15, 0.2) is 0 Å². The van der Waals surface area contributed by atoms with E-state index in [1.54, 1.807) is 23.1 Å². The van der Waals surface area contributed by atoms with E-state index < -0.39 is 5.60 Å². The van der Waals surface area contributed by atoms with E-state index in [1.165, 1.54) is 5.56 Å². The van der Waals surface area contributed by atoms with E-state index in [9.17, 15) is 9.59 Å². The van der Waals surface area contributed by atoms with Crippen LogP contribution in [-0.2, 0) is 4.74 Å². The summed E-state index contributed by atoms with van der Waals surface area (Å²) >= 11 is 6.20. The molecular formula is C32H40ClN3O4. The molecule has 1 saturated heterocycles. The Bertz CT molecular complexity index is 1280. The van der Waals surface area contributed by atoms with Crippen LogP contribution in [-0.4, -0.2) is 47.7 Å². The van der Waals surface area contributed by atoms with E-state index >= 15 is 0 Å². The van der Waals surface area contributed by atoms with Gasteiger partial charge in [0.1, 0.15) is 23.5 Å². The lowest BCUT2D eigenvalue weighted by atomic mass is 9.49. The number of halogens is 1. The van der Waals surface area contributed by atoms with Crippen LogP contribution in [0.15, 0.2) is 42.5 Å². The van der Waals surface area contributed by atoms with Crippen molar-refractivity contribution in [2.24, 2.45) is 10.8 Å². The molecule has 1 heterocycles. The summed E-state index contributed by atoms with van der Waals surface area (Å²) in [5.41, 5.74) is 1.04. The van der Waals surface area contributed by atoms with Crippen molar-refractivity contribution in [2.45, 2.75) is 85.0 Å². The van der Waals surface area contributed by atoms with Gasteiger partial charge in [-0.05, 0) is 69.4 Å². The molecule has 2 aromatic rings. The molecule has 0 unspecified atom stereocenters. The predicted octanol–water partition coefficient (Wildman–Crippen LogP) is 6.94. The van der Waals surface area contributed by atoms with Crippen LogP contribution in [0.1, 0.15) is 88.7 Å². The van der Waals surface area contributed by atoms with Crippen molar-refractivity contribution in [1.82, 2.24) is 10.2 Å². The van der Waals surface area contributed by atoms with Crippen LogP contribution in [0, 0.1) is 22.2 Å². The second kappa shape index (κ2) is 11.0. The Hall–Kier alpha value is -3.24. The van der Waals surface area contributed by atoms with Crippen LogP contribution in [0.25, 0.3) is 0 Å². The number of amides is 2. The summed E-state index contributed by atoms with van der Waals surface area (Å²) in [6, 6.07) is 14.9. The highest BCUT2D eigenvalue weighted by atomic mass is 35.5. The summed E-state index contributed by atoms with van der Waals surface area (Å²) in [6.07, 6.45) is 1.30. The maximum absolute atomic E-state index is 13.3. The summed E-state index contributed by atoms with van der Waals surface area (Å²) in [7, 11) is 0. The first kappa shape index (κ1) is 29.7. The Kier molecular flexibility index (Phi) is 8.15. The van der Waals surface area contributed by atoms with E-state index in [0.29, 0.717) is 40.9 Å². The Labute approximate surface area is 242 Å². The van der Waals surface area contributed by atoms with Crippen LogP contribution < -0.4 is 10.1 Å². The normalized spacial score (nSPS) is 22.0. The zero-order valence-electron chi connectivity index (χ0n) is 24.5. The summed E-state index contributed by atoms with van der Waals surface area (Å²) < 4.78 is 11.8. The third kappa shape index (κ3) is 6.07. The lowest BCUT2D eigenvalue weighted by Gasteiger charge is -2.63. The molecule has 7 nitrogen and oxygen atoms in total. The fourth-order valence-electron chi connectivity index (χ4n) is 6.44. The lowest BCUT2D eigenvalue weighted by molar-refractivity contribution is -0.164. The molecule has 2 aromatic carbocycles. The average Bonchev–Trinajstić information content (AvgIpc) is 2.89. The highest BCUT2D eigenvalue weighted by Crippen LogP contribution is 2.55. The number of piperidine rings is 1. The number of ether oxygens (including phenoxy) is 2. The molecule has 2 amide bonds. The second-order valence-corrected chi connectivity index (χ2v) is 13.6. The smallest absolute Gasteiger partial charge is 0.410 e. The summed E-state index contributed by atoms with van der Waals surface area (Å²) in [5.74, 6) is 0.832. The van der Waals surface area contributed by atoms with Crippen molar-refractivity contribution in [1.29, 1.82) is 5.26 Å². The molecule has 0 atom stereocenters. The van der Waals surface area contributed by atoms with Gasteiger partial charge in [-0.1, -0.05) is 51.4 Å². The third-order valence-corrected chi connectivity index (χ3v) is 8.53. The first-order valence-electron chi connectivity index (χ1n) is 13.9. The van der Waals surface area contributed by atoms with Crippen LogP contribution in [0.5, 0.6) is 5.75 Å². The molecule has 4 rings (SSSR count). The molecule has 1 aliphatic heterocycles. The molecule has 1 aliphatic carbocycles. The van der Waals surface area contributed by atoms with E-state index in [-0.39, 0.29) is 35.0 Å². The molecule has 1 saturated carbocycles. The second-order valence-electron chi connectivity index (χ2n) is 13.2. The van der Waals surface area contributed by atoms with Crippen LogP contribution in [0.4, 0.5) is 4.79 Å². The third-order valence-electron chi connectivity index (χ3n) is 8.22. The van der Waals surface area contributed by atoms with Crippen molar-refractivity contribution in [3.05, 3.63) is 64.2 Å². The van der Waals surface area contributed by atoms with Gasteiger partial charge in [0, 0.05) is 41.6 Å². The molecule has 2 aliphatic rings. The Balaban J connectivity index is 1.35. The van der Waals surface area contributed by atoms with Gasteiger partial charge >= 0.3 is 6.09 Å². The number of carbonyl (C=O) groups is 2. The number of nitrogens with one attached hydrogen (secondary N) is 1. The van der Waals surface area contributed by atoms with Gasteiger partial charge in [-0.3, -0.25) is 4.79 Å². The molecule has 0 radical (unpaired) electrons. The monoisotopic (exact) mass is 565 g/mol. The largest absolute Gasteiger partial charge is 0.489 e. The Morgan fingerprint density at radius 1 is 1.02 bits per heavy atom. The van der Waals surface area contributed by atoms with Gasteiger partial charge in [-0.25, -0.2) is 4.79 Å². The molecule has 0 aromatic heterocycles. The molecular weight excluding hydrogens is 526 g/mol. The van der Waals surface area contributed by atoms with Crippen molar-refractivity contribution in [3.63, 3.8) is 0 Å². The molecule has 214 valence electrons. The minimum absolute atomic E-state index is 0.108. The van der Waals surface area contributed by atoms with Crippen LogP contribution in [0.3, 0.4) is 0 Å². The van der Waals surface area contributed by atoms with E-state index in [2.05, 4.69) is 39.1 Å². The summed E-state index contributed by atoms with van der Waals surface area (Å²) in [4.78, 5) is 27.4. The highest BCUT2D eigenvalue weighted by Gasteiger charge is 2.64. The van der Waals surface area contributed by atoms with E-state index in [0.717, 1.165) is 12.8 Å².